The van der Waals surface area contributed by atoms with Crippen LogP contribution in [0.25, 0.3) is 0 Å². The van der Waals surface area contributed by atoms with Gasteiger partial charge in [0.2, 0.25) is 5.89 Å². The smallest absolute Gasteiger partial charge is 0.243 e. The number of benzene rings is 1. The number of halogens is 1. The van der Waals surface area contributed by atoms with Gasteiger partial charge in [0.1, 0.15) is 5.82 Å². The van der Waals surface area contributed by atoms with Gasteiger partial charge in [-0.2, -0.15) is 4.98 Å². The van der Waals surface area contributed by atoms with Gasteiger partial charge in [-0.25, -0.2) is 4.39 Å². The van der Waals surface area contributed by atoms with Crippen molar-refractivity contribution in [1.82, 2.24) is 15.5 Å². The molecule has 0 saturated heterocycles. The van der Waals surface area contributed by atoms with Crippen molar-refractivity contribution in [3.8, 4) is 0 Å². The number of nitrogens with zero attached hydrogens (tertiary/aromatic N) is 2. The van der Waals surface area contributed by atoms with Crippen molar-refractivity contribution in [3.05, 3.63) is 47.4 Å². The van der Waals surface area contributed by atoms with E-state index in [-0.39, 0.29) is 23.8 Å². The summed E-state index contributed by atoms with van der Waals surface area (Å²) in [6.07, 6.45) is 3.65. The van der Waals surface area contributed by atoms with E-state index in [0.29, 0.717) is 11.8 Å². The van der Waals surface area contributed by atoms with Gasteiger partial charge in [-0.15, -0.1) is 0 Å². The zero-order valence-electron chi connectivity index (χ0n) is 13.9. The Kier molecular flexibility index (Phi) is 4.76. The summed E-state index contributed by atoms with van der Waals surface area (Å²) < 4.78 is 18.6. The van der Waals surface area contributed by atoms with Crippen molar-refractivity contribution in [2.45, 2.75) is 58.0 Å². The molecule has 0 spiro atoms. The van der Waals surface area contributed by atoms with Gasteiger partial charge in [0.05, 0.1) is 6.04 Å². The highest BCUT2D eigenvalue weighted by Gasteiger charge is 2.30. The zero-order valence-corrected chi connectivity index (χ0v) is 13.9. The average molecular weight is 317 g/mol. The van der Waals surface area contributed by atoms with Gasteiger partial charge in [0, 0.05) is 12.0 Å². The lowest BCUT2D eigenvalue weighted by atomic mass is 9.77. The zero-order chi connectivity index (χ0) is 16.4. The van der Waals surface area contributed by atoms with Gasteiger partial charge in [-0.3, -0.25) is 5.32 Å². The van der Waals surface area contributed by atoms with Gasteiger partial charge in [-0.1, -0.05) is 37.6 Å². The highest BCUT2D eigenvalue weighted by molar-refractivity contribution is 5.21. The monoisotopic (exact) mass is 317 g/mol. The van der Waals surface area contributed by atoms with Crippen LogP contribution in [-0.2, 0) is 0 Å². The van der Waals surface area contributed by atoms with Crippen LogP contribution >= 0.6 is 0 Å². The Labute approximate surface area is 136 Å². The predicted octanol–water partition coefficient (Wildman–Crippen LogP) is 4.52. The molecule has 1 aromatic heterocycles. The molecule has 0 aliphatic heterocycles. The molecule has 0 radical (unpaired) electrons. The summed E-state index contributed by atoms with van der Waals surface area (Å²) in [5.74, 6) is 1.97. The number of rotatable bonds is 6. The average Bonchev–Trinajstić information content (AvgIpc) is 2.95. The molecule has 1 fully saturated rings. The second kappa shape index (κ2) is 6.79. The maximum Gasteiger partial charge on any atom is 0.243 e. The molecule has 1 heterocycles. The lowest BCUT2D eigenvalue weighted by Crippen LogP contribution is -2.34. The van der Waals surface area contributed by atoms with E-state index in [4.69, 9.17) is 4.52 Å². The lowest BCUT2D eigenvalue weighted by Gasteiger charge is -2.36. The van der Waals surface area contributed by atoms with Crippen LogP contribution in [0.3, 0.4) is 0 Å². The second-order valence-electron chi connectivity index (χ2n) is 6.75. The predicted molar refractivity (Wildman–Crippen MR) is 86.4 cm³/mol. The molecule has 2 atom stereocenters. The Bertz CT molecular complexity index is 634. The van der Waals surface area contributed by atoms with Crippen LogP contribution in [0.2, 0.25) is 0 Å². The van der Waals surface area contributed by atoms with E-state index >= 15 is 0 Å². The van der Waals surface area contributed by atoms with Gasteiger partial charge >= 0.3 is 0 Å². The van der Waals surface area contributed by atoms with E-state index in [2.05, 4.69) is 15.5 Å². The SMILES string of the molecule is CC(C)c1noc([C@H](C)N[C@H](c2ccc(F)cc2)C2CCC2)n1. The topological polar surface area (TPSA) is 51.0 Å². The molecule has 2 aromatic rings. The van der Waals surface area contributed by atoms with E-state index in [1.54, 1.807) is 0 Å². The highest BCUT2D eigenvalue weighted by Crippen LogP contribution is 2.39. The second-order valence-corrected chi connectivity index (χ2v) is 6.75. The number of nitrogens with one attached hydrogen (secondary N) is 1. The summed E-state index contributed by atoms with van der Waals surface area (Å²) in [5.41, 5.74) is 1.12. The van der Waals surface area contributed by atoms with E-state index in [9.17, 15) is 4.39 Å². The molecule has 23 heavy (non-hydrogen) atoms. The van der Waals surface area contributed by atoms with Gasteiger partial charge in [0.25, 0.3) is 0 Å². The molecule has 3 rings (SSSR count). The molecule has 1 aliphatic rings. The summed E-state index contributed by atoms with van der Waals surface area (Å²) >= 11 is 0. The third kappa shape index (κ3) is 3.61. The first kappa shape index (κ1) is 16.1. The van der Waals surface area contributed by atoms with E-state index in [1.807, 2.05) is 32.9 Å². The summed E-state index contributed by atoms with van der Waals surface area (Å²) in [7, 11) is 0. The van der Waals surface area contributed by atoms with Crippen LogP contribution in [0, 0.1) is 11.7 Å². The molecule has 1 saturated carbocycles. The first-order valence-corrected chi connectivity index (χ1v) is 8.39. The summed E-state index contributed by atoms with van der Waals surface area (Å²) in [5, 5.41) is 7.64. The maximum atomic E-state index is 13.2. The third-order valence-electron chi connectivity index (χ3n) is 4.62. The fourth-order valence-electron chi connectivity index (χ4n) is 2.95. The Morgan fingerprint density at radius 1 is 1.17 bits per heavy atom. The Hall–Kier alpha value is -1.75. The first-order valence-electron chi connectivity index (χ1n) is 8.39. The Morgan fingerprint density at radius 2 is 1.87 bits per heavy atom. The first-order chi connectivity index (χ1) is 11.0. The molecule has 1 aromatic carbocycles. The summed E-state index contributed by atoms with van der Waals surface area (Å²) in [6.45, 7) is 6.12. The molecule has 5 heteroatoms. The maximum absolute atomic E-state index is 13.2. The van der Waals surface area contributed by atoms with Crippen LogP contribution in [0.1, 0.15) is 75.3 Å². The number of hydrogen-bond donors (Lipinski definition) is 1. The number of aromatic nitrogens is 2. The summed E-state index contributed by atoms with van der Waals surface area (Å²) in [4.78, 5) is 4.47. The van der Waals surface area contributed by atoms with E-state index in [1.165, 1.54) is 31.4 Å². The molecule has 0 bridgehead atoms. The van der Waals surface area contributed by atoms with E-state index in [0.717, 1.165) is 11.4 Å². The Morgan fingerprint density at radius 3 is 2.39 bits per heavy atom. The lowest BCUT2D eigenvalue weighted by molar-refractivity contribution is 0.207. The molecular weight excluding hydrogens is 293 g/mol. The largest absolute Gasteiger partial charge is 0.338 e. The fourth-order valence-corrected chi connectivity index (χ4v) is 2.95. The van der Waals surface area contributed by atoms with Crippen LogP contribution in [0.15, 0.2) is 28.8 Å². The standard InChI is InChI=1S/C18H24FN3O/c1-11(2)17-21-18(23-22-17)12(3)20-16(13-5-4-6-13)14-7-9-15(19)10-8-14/h7-13,16,20H,4-6H2,1-3H3/t12-,16-/m0/s1. The van der Waals surface area contributed by atoms with Crippen molar-refractivity contribution in [3.63, 3.8) is 0 Å². The molecule has 124 valence electrons. The van der Waals surface area contributed by atoms with Crippen molar-refractivity contribution in [1.29, 1.82) is 0 Å². The van der Waals surface area contributed by atoms with E-state index < -0.39 is 0 Å². The van der Waals surface area contributed by atoms with Crippen molar-refractivity contribution in [2.75, 3.05) is 0 Å². The number of hydrogen-bond acceptors (Lipinski definition) is 4. The van der Waals surface area contributed by atoms with Crippen molar-refractivity contribution in [2.24, 2.45) is 5.92 Å². The molecular formula is C18H24FN3O. The highest BCUT2D eigenvalue weighted by atomic mass is 19.1. The fraction of sp³-hybridized carbons (Fsp3) is 0.556. The quantitative estimate of drug-likeness (QED) is 0.851. The van der Waals surface area contributed by atoms with Gasteiger partial charge in [0.15, 0.2) is 5.82 Å². The van der Waals surface area contributed by atoms with Gasteiger partial charge in [-0.05, 0) is 43.4 Å². The third-order valence-corrected chi connectivity index (χ3v) is 4.62. The van der Waals surface area contributed by atoms with Gasteiger partial charge < -0.3 is 4.52 Å². The molecule has 4 nitrogen and oxygen atoms in total. The molecule has 0 unspecified atom stereocenters. The van der Waals surface area contributed by atoms with Crippen LogP contribution < -0.4 is 5.32 Å². The van der Waals surface area contributed by atoms with Crippen LogP contribution in [0.4, 0.5) is 4.39 Å². The Balaban J connectivity index is 1.76. The van der Waals surface area contributed by atoms with Crippen LogP contribution in [0.5, 0.6) is 0 Å². The molecule has 1 aliphatic carbocycles. The van der Waals surface area contributed by atoms with Crippen LogP contribution in [-0.4, -0.2) is 10.1 Å². The van der Waals surface area contributed by atoms with Crippen molar-refractivity contribution < 1.29 is 8.91 Å². The summed E-state index contributed by atoms with van der Waals surface area (Å²) in [6, 6.07) is 6.93. The van der Waals surface area contributed by atoms with Crippen molar-refractivity contribution >= 4 is 0 Å². The molecule has 1 N–H and O–H groups in total. The minimum absolute atomic E-state index is 0.0364. The minimum atomic E-state index is -0.201. The molecule has 0 amide bonds. The minimum Gasteiger partial charge on any atom is -0.338 e. The normalized spacial score (nSPS) is 18.0.